The van der Waals surface area contributed by atoms with E-state index in [4.69, 9.17) is 4.84 Å². The Hall–Kier alpha value is -3.59. The number of halogens is 1. The number of hydroxylamine groups is 1. The quantitative estimate of drug-likeness (QED) is 0.455. The fourth-order valence-electron chi connectivity index (χ4n) is 5.40. The predicted octanol–water partition coefficient (Wildman–Crippen LogP) is 4.97. The number of rotatable bonds is 8. The highest BCUT2D eigenvalue weighted by Gasteiger charge is 2.35. The molecule has 4 rings (SSSR count). The minimum absolute atomic E-state index is 0.147. The molecule has 204 valence electrons. The van der Waals surface area contributed by atoms with Crippen LogP contribution in [0.4, 0.5) is 20.6 Å². The highest BCUT2D eigenvalue weighted by atomic mass is 19.1. The van der Waals surface area contributed by atoms with Gasteiger partial charge in [-0.25, -0.2) is 9.18 Å². The second-order valence-electron chi connectivity index (χ2n) is 9.88. The van der Waals surface area contributed by atoms with Crippen LogP contribution in [0.2, 0.25) is 0 Å². The molecule has 9 heteroatoms. The molecule has 0 radical (unpaired) electrons. The van der Waals surface area contributed by atoms with E-state index in [1.807, 2.05) is 60.9 Å². The molecule has 2 heterocycles. The van der Waals surface area contributed by atoms with Crippen molar-refractivity contribution in [3.05, 3.63) is 71.4 Å². The second-order valence-corrected chi connectivity index (χ2v) is 9.88. The lowest BCUT2D eigenvalue weighted by molar-refractivity contribution is -0.134. The fourth-order valence-corrected chi connectivity index (χ4v) is 5.40. The first-order chi connectivity index (χ1) is 18.3. The smallest absolute Gasteiger partial charge is 0.323 e. The number of benzene rings is 2. The summed E-state index contributed by atoms with van der Waals surface area (Å²) in [6.45, 7) is 10.3. The lowest BCUT2D eigenvalue weighted by Gasteiger charge is -2.38. The largest absolute Gasteiger partial charge is 0.411 e. The van der Waals surface area contributed by atoms with Gasteiger partial charge in [-0.3, -0.25) is 4.79 Å². The number of likely N-dealkylation sites (N-methyl/N-ethyl adjacent to an activating group) is 1. The number of allylic oxidation sites excluding steroid dienone is 1. The van der Waals surface area contributed by atoms with Gasteiger partial charge in [0.1, 0.15) is 11.6 Å². The summed E-state index contributed by atoms with van der Waals surface area (Å²) in [5.74, 6) is 0.346. The third-order valence-corrected chi connectivity index (χ3v) is 7.51. The van der Waals surface area contributed by atoms with Crippen LogP contribution in [-0.2, 0) is 9.63 Å². The molecule has 8 nitrogen and oxygen atoms in total. The van der Waals surface area contributed by atoms with Crippen molar-refractivity contribution in [2.24, 2.45) is 5.92 Å². The van der Waals surface area contributed by atoms with Crippen molar-refractivity contribution in [1.82, 2.24) is 15.7 Å². The average Bonchev–Trinajstić information content (AvgIpc) is 3.23. The Morgan fingerprint density at radius 1 is 1.11 bits per heavy atom. The van der Waals surface area contributed by atoms with Crippen LogP contribution in [0.1, 0.15) is 52.0 Å². The summed E-state index contributed by atoms with van der Waals surface area (Å²) in [5, 5.41) is 5.44. The molecule has 2 unspecified atom stereocenters. The number of urea groups is 1. The highest BCUT2D eigenvalue weighted by Crippen LogP contribution is 2.36. The number of carbonyl (C=O) groups excluding carboxylic acids is 2. The van der Waals surface area contributed by atoms with Gasteiger partial charge in [-0.15, -0.1) is 5.48 Å². The molecule has 1 saturated heterocycles. The zero-order valence-electron chi connectivity index (χ0n) is 22.6. The van der Waals surface area contributed by atoms with Gasteiger partial charge in [-0.05, 0) is 70.2 Å². The molecule has 0 aliphatic carbocycles. The molecule has 2 aliphatic rings. The van der Waals surface area contributed by atoms with Crippen LogP contribution in [0.25, 0.3) is 0 Å². The summed E-state index contributed by atoms with van der Waals surface area (Å²) in [4.78, 5) is 35.0. The molecule has 3 amide bonds. The number of piperidine rings is 1. The number of carbonyl (C=O) groups is 2. The molecule has 0 spiro atoms. The zero-order chi connectivity index (χ0) is 27.2. The zero-order valence-corrected chi connectivity index (χ0v) is 22.6. The molecule has 2 atom stereocenters. The minimum atomic E-state index is -0.462. The number of nitrogens with zero attached hydrogens (tertiary/aromatic N) is 2. The Morgan fingerprint density at radius 3 is 2.37 bits per heavy atom. The molecular formula is C29H38FN5O3. The Kier molecular flexibility index (Phi) is 8.89. The molecule has 2 aromatic rings. The lowest BCUT2D eigenvalue weighted by atomic mass is 9.79. The standard InChI is InChI=1S/C29H38FN5O3/c1-5-34(6-2)28(36)26(21-10-8-7-9-11-21)22-14-16-35(17-15-22)25-13-12-23(18-24(25)30)31-29(37)32-27-19(3)33-38-20(27)4/h7-13,18-19,22,26,33H,5-6,14-17H2,1-4H3,(H2,31,32,37). The van der Waals surface area contributed by atoms with E-state index in [1.54, 1.807) is 19.1 Å². The van der Waals surface area contributed by atoms with E-state index in [1.165, 1.54) is 6.07 Å². The van der Waals surface area contributed by atoms with Crippen molar-refractivity contribution in [2.45, 2.75) is 52.5 Å². The monoisotopic (exact) mass is 523 g/mol. The second kappa shape index (κ2) is 12.3. The third-order valence-electron chi connectivity index (χ3n) is 7.51. The van der Waals surface area contributed by atoms with E-state index in [2.05, 4.69) is 16.1 Å². The van der Waals surface area contributed by atoms with E-state index < -0.39 is 11.8 Å². The number of amides is 3. The van der Waals surface area contributed by atoms with E-state index in [0.717, 1.165) is 18.4 Å². The third kappa shape index (κ3) is 6.10. The van der Waals surface area contributed by atoms with Crippen LogP contribution in [0, 0.1) is 11.7 Å². The Labute approximate surface area is 224 Å². The Bertz CT molecular complexity index is 1160. The molecule has 0 bridgehead atoms. The highest BCUT2D eigenvalue weighted by molar-refractivity contribution is 5.90. The molecule has 0 aromatic heterocycles. The number of anilines is 2. The van der Waals surface area contributed by atoms with Gasteiger partial charge in [0.05, 0.1) is 23.3 Å². The van der Waals surface area contributed by atoms with Gasteiger partial charge in [-0.2, -0.15) is 0 Å². The van der Waals surface area contributed by atoms with Gasteiger partial charge in [0.25, 0.3) is 0 Å². The van der Waals surface area contributed by atoms with Crippen LogP contribution in [-0.4, -0.2) is 49.1 Å². The Morgan fingerprint density at radius 2 is 1.79 bits per heavy atom. The van der Waals surface area contributed by atoms with Gasteiger partial charge < -0.3 is 25.3 Å². The van der Waals surface area contributed by atoms with Crippen LogP contribution >= 0.6 is 0 Å². The van der Waals surface area contributed by atoms with Crippen molar-refractivity contribution < 1.29 is 18.8 Å². The Balaban J connectivity index is 1.40. The van der Waals surface area contributed by atoms with E-state index in [0.29, 0.717) is 49.0 Å². The molecule has 38 heavy (non-hydrogen) atoms. The fraction of sp³-hybridized carbons (Fsp3) is 0.448. The number of nitrogens with one attached hydrogen (secondary N) is 3. The van der Waals surface area contributed by atoms with Crippen molar-refractivity contribution in [3.8, 4) is 0 Å². The van der Waals surface area contributed by atoms with Gasteiger partial charge in [-0.1, -0.05) is 30.3 Å². The minimum Gasteiger partial charge on any atom is -0.411 e. The van der Waals surface area contributed by atoms with E-state index in [9.17, 15) is 9.59 Å². The summed E-state index contributed by atoms with van der Waals surface area (Å²) in [6, 6.07) is 14.1. The summed E-state index contributed by atoms with van der Waals surface area (Å²) >= 11 is 0. The average molecular weight is 524 g/mol. The molecule has 3 N–H and O–H groups in total. The first-order valence-corrected chi connectivity index (χ1v) is 13.4. The molecule has 1 fully saturated rings. The lowest BCUT2D eigenvalue weighted by Crippen LogP contribution is -2.42. The van der Waals surface area contributed by atoms with E-state index in [-0.39, 0.29) is 23.8 Å². The predicted molar refractivity (Wildman–Crippen MR) is 147 cm³/mol. The molecule has 2 aromatic carbocycles. The molecular weight excluding hydrogens is 485 g/mol. The first-order valence-electron chi connectivity index (χ1n) is 13.4. The van der Waals surface area contributed by atoms with Gasteiger partial charge in [0, 0.05) is 31.9 Å². The summed E-state index contributed by atoms with van der Waals surface area (Å²) in [7, 11) is 0. The topological polar surface area (TPSA) is 85.9 Å². The van der Waals surface area contributed by atoms with Gasteiger partial charge >= 0.3 is 6.03 Å². The van der Waals surface area contributed by atoms with Crippen molar-refractivity contribution >= 4 is 23.3 Å². The summed E-state index contributed by atoms with van der Waals surface area (Å²) in [6.07, 6.45) is 1.58. The van der Waals surface area contributed by atoms with E-state index >= 15 is 4.39 Å². The van der Waals surface area contributed by atoms with Crippen LogP contribution in [0.15, 0.2) is 60.0 Å². The summed E-state index contributed by atoms with van der Waals surface area (Å²) in [5.41, 5.74) is 5.32. The SMILES string of the molecule is CCN(CC)C(=O)C(c1ccccc1)C1CCN(c2ccc(NC(=O)NC3=C(C)ONC3C)cc2F)CC1. The van der Waals surface area contributed by atoms with Crippen molar-refractivity contribution in [1.29, 1.82) is 0 Å². The van der Waals surface area contributed by atoms with Gasteiger partial charge in [0.2, 0.25) is 5.91 Å². The maximum atomic E-state index is 15.1. The van der Waals surface area contributed by atoms with Crippen LogP contribution in [0.5, 0.6) is 0 Å². The maximum Gasteiger partial charge on any atom is 0.323 e. The normalized spacial score (nSPS) is 18.7. The molecule has 2 aliphatic heterocycles. The number of hydrogen-bond acceptors (Lipinski definition) is 5. The number of hydrogen-bond donors (Lipinski definition) is 3. The van der Waals surface area contributed by atoms with Crippen molar-refractivity contribution in [3.63, 3.8) is 0 Å². The van der Waals surface area contributed by atoms with Crippen LogP contribution < -0.4 is 21.0 Å². The summed E-state index contributed by atoms with van der Waals surface area (Å²) < 4.78 is 15.1. The van der Waals surface area contributed by atoms with Gasteiger partial charge in [0.15, 0.2) is 0 Å². The van der Waals surface area contributed by atoms with Crippen molar-refractivity contribution in [2.75, 3.05) is 36.4 Å². The first kappa shape index (κ1) is 27.4. The maximum absolute atomic E-state index is 15.1. The van der Waals surface area contributed by atoms with Crippen LogP contribution in [0.3, 0.4) is 0 Å². The molecule has 0 saturated carbocycles.